The standard InChI is InChI=1S/C36H50BClO6/c1-10-24-18-26-17-23(4)35(27(19-24)20-26)36(39-9,44-43-35)30-16-15-29(22(2)3)32(31(30)38)40-21-25-11-13-28(14-12-25)37-41-33(5,6)34(7,8)42-37/h11-16,22-24,26-27H,10,17-21H2,1-9H3. The number of halogens is 1. The number of benzene rings is 2. The van der Waals surface area contributed by atoms with Crippen LogP contribution in [0.5, 0.6) is 5.75 Å². The summed E-state index contributed by atoms with van der Waals surface area (Å²) in [6, 6.07) is 12.4. The second-order valence-corrected chi connectivity index (χ2v) is 15.5. The van der Waals surface area contributed by atoms with Gasteiger partial charge in [0.05, 0.1) is 16.2 Å². The lowest BCUT2D eigenvalue weighted by molar-refractivity contribution is -0.641. The van der Waals surface area contributed by atoms with Gasteiger partial charge in [-0.05, 0) is 99.6 Å². The van der Waals surface area contributed by atoms with Crippen LogP contribution in [-0.4, -0.2) is 31.0 Å². The average molecular weight is 625 g/mol. The van der Waals surface area contributed by atoms with E-state index in [0.29, 0.717) is 29.2 Å². The summed E-state index contributed by atoms with van der Waals surface area (Å²) in [7, 11) is 1.32. The molecule has 4 aliphatic rings. The van der Waals surface area contributed by atoms with Gasteiger partial charge < -0.3 is 18.8 Å². The highest BCUT2D eigenvalue weighted by atomic mass is 35.5. The van der Waals surface area contributed by atoms with Crippen molar-refractivity contribution in [2.75, 3.05) is 7.11 Å². The number of hydrogen-bond donors (Lipinski definition) is 0. The smallest absolute Gasteiger partial charge is 0.487 e. The molecule has 6 rings (SSSR count). The molecule has 0 N–H and O–H groups in total. The third-order valence-electron chi connectivity index (χ3n) is 11.6. The summed E-state index contributed by atoms with van der Waals surface area (Å²) in [6.07, 6.45) is 5.88. The Morgan fingerprint density at radius 1 is 0.932 bits per heavy atom. The molecule has 2 aliphatic heterocycles. The van der Waals surface area contributed by atoms with Gasteiger partial charge in [0.2, 0.25) is 0 Å². The zero-order valence-corrected chi connectivity index (χ0v) is 28.8. The van der Waals surface area contributed by atoms with Crippen LogP contribution in [-0.2, 0) is 36.2 Å². The molecule has 6 unspecified atom stereocenters. The van der Waals surface area contributed by atoms with Gasteiger partial charge in [-0.25, -0.2) is 4.89 Å². The van der Waals surface area contributed by atoms with Crippen molar-refractivity contribution in [1.82, 2.24) is 0 Å². The van der Waals surface area contributed by atoms with Gasteiger partial charge in [0.25, 0.3) is 5.79 Å². The van der Waals surface area contributed by atoms with Gasteiger partial charge in [-0.1, -0.05) is 82.1 Å². The van der Waals surface area contributed by atoms with E-state index in [1.54, 1.807) is 7.11 Å². The summed E-state index contributed by atoms with van der Waals surface area (Å²) in [5.74, 6) is 1.84. The monoisotopic (exact) mass is 624 g/mol. The molecule has 0 aromatic heterocycles. The van der Waals surface area contributed by atoms with E-state index in [9.17, 15) is 0 Å². The maximum Gasteiger partial charge on any atom is 0.494 e. The Morgan fingerprint density at radius 2 is 1.61 bits per heavy atom. The number of methoxy groups -OCH3 is 1. The maximum absolute atomic E-state index is 7.33. The van der Waals surface area contributed by atoms with E-state index < -0.39 is 18.5 Å². The Bertz CT molecular complexity index is 1340. The number of fused-ring (bicyclic) bond motifs is 3. The van der Waals surface area contributed by atoms with E-state index in [4.69, 9.17) is 40.2 Å². The molecule has 6 nitrogen and oxygen atoms in total. The molecular weight excluding hydrogens is 575 g/mol. The molecule has 2 aromatic carbocycles. The molecule has 2 aromatic rings. The first-order valence-corrected chi connectivity index (χ1v) is 17.0. The molecule has 44 heavy (non-hydrogen) atoms. The third kappa shape index (κ3) is 4.96. The van der Waals surface area contributed by atoms with Crippen LogP contribution in [0.3, 0.4) is 0 Å². The van der Waals surface area contributed by atoms with E-state index in [-0.39, 0.29) is 23.0 Å². The van der Waals surface area contributed by atoms with E-state index in [2.05, 4.69) is 91.8 Å². The van der Waals surface area contributed by atoms with Crippen molar-refractivity contribution < 1.29 is 28.6 Å². The zero-order valence-electron chi connectivity index (χ0n) is 28.0. The fourth-order valence-electron chi connectivity index (χ4n) is 8.37. The van der Waals surface area contributed by atoms with Crippen LogP contribution < -0.4 is 10.2 Å². The van der Waals surface area contributed by atoms with Crippen LogP contribution >= 0.6 is 11.6 Å². The summed E-state index contributed by atoms with van der Waals surface area (Å²) >= 11 is 7.33. The molecule has 2 aliphatic carbocycles. The molecule has 0 radical (unpaired) electrons. The van der Waals surface area contributed by atoms with Crippen LogP contribution in [0.2, 0.25) is 5.02 Å². The third-order valence-corrected chi connectivity index (χ3v) is 12.0. The highest BCUT2D eigenvalue weighted by molar-refractivity contribution is 6.62. The van der Waals surface area contributed by atoms with E-state index in [1.165, 1.54) is 12.8 Å². The SMILES string of the molecule is CCC1CC2CC(C)C3(OOC3(OC)c3ccc(C(C)C)c(OCc4ccc(B5OC(C)(C)C(C)(C)O5)cc4)c3Cl)C(C1)C2. The quantitative estimate of drug-likeness (QED) is 0.217. The Labute approximate surface area is 269 Å². The second kappa shape index (κ2) is 11.6. The van der Waals surface area contributed by atoms with Crippen molar-refractivity contribution in [2.45, 2.75) is 123 Å². The molecule has 0 amide bonds. The molecule has 6 atom stereocenters. The molecule has 2 saturated carbocycles. The summed E-state index contributed by atoms with van der Waals surface area (Å²) < 4.78 is 25.4. The van der Waals surface area contributed by atoms with Gasteiger partial charge in [-0.2, -0.15) is 4.89 Å². The average Bonchev–Trinajstić information content (AvgIpc) is 3.19. The van der Waals surface area contributed by atoms with Gasteiger partial charge in [0, 0.05) is 12.7 Å². The van der Waals surface area contributed by atoms with Crippen molar-refractivity contribution in [3.63, 3.8) is 0 Å². The van der Waals surface area contributed by atoms with Crippen LogP contribution in [0, 0.1) is 23.7 Å². The predicted molar refractivity (Wildman–Crippen MR) is 174 cm³/mol. The lowest BCUT2D eigenvalue weighted by Crippen LogP contribution is -2.74. The highest BCUT2D eigenvalue weighted by Crippen LogP contribution is 2.66. The summed E-state index contributed by atoms with van der Waals surface area (Å²) in [6.45, 7) is 17.6. The predicted octanol–water partition coefficient (Wildman–Crippen LogP) is 8.32. The Morgan fingerprint density at radius 3 is 2.18 bits per heavy atom. The van der Waals surface area contributed by atoms with Crippen molar-refractivity contribution in [3.8, 4) is 5.75 Å². The highest BCUT2D eigenvalue weighted by Gasteiger charge is 2.74. The number of rotatable bonds is 8. The van der Waals surface area contributed by atoms with Gasteiger partial charge in [0.15, 0.2) is 5.60 Å². The minimum absolute atomic E-state index is 0.214. The first-order valence-electron chi connectivity index (χ1n) is 16.6. The Hall–Kier alpha value is -1.61. The minimum atomic E-state index is -1.09. The largest absolute Gasteiger partial charge is 0.494 e. The first kappa shape index (κ1) is 32.3. The van der Waals surface area contributed by atoms with Crippen molar-refractivity contribution in [1.29, 1.82) is 0 Å². The molecule has 2 heterocycles. The van der Waals surface area contributed by atoms with E-state index in [1.807, 2.05) is 0 Å². The summed E-state index contributed by atoms with van der Waals surface area (Å²) in [5.41, 5.74) is 2.50. The van der Waals surface area contributed by atoms with Crippen molar-refractivity contribution in [3.05, 3.63) is 58.1 Å². The molecule has 240 valence electrons. The lowest BCUT2D eigenvalue weighted by Gasteiger charge is -2.65. The topological polar surface area (TPSA) is 55.4 Å². The maximum atomic E-state index is 7.33. The molecule has 2 bridgehead atoms. The molecule has 4 fully saturated rings. The van der Waals surface area contributed by atoms with Crippen LogP contribution in [0.4, 0.5) is 0 Å². The van der Waals surface area contributed by atoms with Crippen molar-refractivity contribution >= 4 is 24.2 Å². The zero-order chi connectivity index (χ0) is 31.7. The molecule has 1 spiro atoms. The van der Waals surface area contributed by atoms with Crippen LogP contribution in [0.1, 0.15) is 110 Å². The van der Waals surface area contributed by atoms with E-state index in [0.717, 1.165) is 47.3 Å². The van der Waals surface area contributed by atoms with Gasteiger partial charge in [-0.15, -0.1) is 0 Å². The van der Waals surface area contributed by atoms with Gasteiger partial charge in [0.1, 0.15) is 12.4 Å². The molecule has 2 saturated heterocycles. The van der Waals surface area contributed by atoms with Crippen molar-refractivity contribution in [2.24, 2.45) is 23.7 Å². The lowest BCUT2D eigenvalue weighted by atomic mass is 9.53. The van der Waals surface area contributed by atoms with Crippen LogP contribution in [0.25, 0.3) is 0 Å². The number of hydrogen-bond acceptors (Lipinski definition) is 6. The van der Waals surface area contributed by atoms with Crippen LogP contribution in [0.15, 0.2) is 36.4 Å². The fourth-order valence-corrected chi connectivity index (χ4v) is 8.72. The summed E-state index contributed by atoms with van der Waals surface area (Å²) in [5, 5.41) is 0.534. The molecular formula is C36H50BClO6. The molecule has 8 heteroatoms. The van der Waals surface area contributed by atoms with Gasteiger partial charge in [-0.3, -0.25) is 0 Å². The summed E-state index contributed by atoms with van der Waals surface area (Å²) in [4.78, 5) is 12.3. The second-order valence-electron chi connectivity index (χ2n) is 15.1. The fraction of sp³-hybridized carbons (Fsp3) is 0.667. The first-order chi connectivity index (χ1) is 20.8. The normalized spacial score (nSPS) is 33.9. The Balaban J connectivity index is 1.28. The Kier molecular flexibility index (Phi) is 8.51. The van der Waals surface area contributed by atoms with Gasteiger partial charge >= 0.3 is 7.12 Å². The minimum Gasteiger partial charge on any atom is -0.487 e. The number of ether oxygens (including phenoxy) is 2. The van der Waals surface area contributed by atoms with E-state index >= 15 is 0 Å².